The van der Waals surface area contributed by atoms with E-state index in [4.69, 9.17) is 4.74 Å². The number of nitrogens with one attached hydrogen (secondary N) is 2. The van der Waals surface area contributed by atoms with Crippen LogP contribution in [0.3, 0.4) is 0 Å². The van der Waals surface area contributed by atoms with Crippen LogP contribution >= 0.6 is 0 Å². The summed E-state index contributed by atoms with van der Waals surface area (Å²) in [6.07, 6.45) is 2.63. The quantitative estimate of drug-likeness (QED) is 0.651. The number of hydrogen-bond acceptors (Lipinski definition) is 6. The SMILES string of the molecule is COc1ccccc1-c1cc(Nc2ccc(CNS(C)(=O)=O)cc2)ncn1. The van der Waals surface area contributed by atoms with Crippen LogP contribution in [0.1, 0.15) is 5.56 Å². The van der Waals surface area contributed by atoms with E-state index in [1.807, 2.05) is 54.6 Å². The van der Waals surface area contributed by atoms with Crippen LogP contribution in [-0.4, -0.2) is 31.8 Å². The summed E-state index contributed by atoms with van der Waals surface area (Å²) < 4.78 is 30.2. The maximum absolute atomic E-state index is 11.2. The molecular weight excluding hydrogens is 364 g/mol. The molecule has 0 saturated heterocycles. The van der Waals surface area contributed by atoms with Crippen molar-refractivity contribution in [3.8, 4) is 17.0 Å². The van der Waals surface area contributed by atoms with Gasteiger partial charge in [0.25, 0.3) is 0 Å². The lowest BCUT2D eigenvalue weighted by atomic mass is 10.1. The largest absolute Gasteiger partial charge is 0.496 e. The molecule has 2 N–H and O–H groups in total. The number of hydrogen-bond donors (Lipinski definition) is 2. The second-order valence-corrected chi connectivity index (χ2v) is 7.74. The van der Waals surface area contributed by atoms with E-state index in [1.165, 1.54) is 6.33 Å². The summed E-state index contributed by atoms with van der Waals surface area (Å²) in [5, 5.41) is 3.22. The predicted molar refractivity (Wildman–Crippen MR) is 105 cm³/mol. The fraction of sp³-hybridized carbons (Fsp3) is 0.158. The Balaban J connectivity index is 1.75. The van der Waals surface area contributed by atoms with Gasteiger partial charge in [0, 0.05) is 23.9 Å². The molecule has 140 valence electrons. The van der Waals surface area contributed by atoms with E-state index in [0.29, 0.717) is 5.82 Å². The maximum Gasteiger partial charge on any atom is 0.209 e. The number of rotatable bonds is 7. The van der Waals surface area contributed by atoms with E-state index in [2.05, 4.69) is 20.0 Å². The Morgan fingerprint density at radius 1 is 1.04 bits per heavy atom. The molecule has 0 aliphatic rings. The topological polar surface area (TPSA) is 93.2 Å². The van der Waals surface area contributed by atoms with Crippen LogP contribution in [0, 0.1) is 0 Å². The molecule has 8 heteroatoms. The molecule has 3 aromatic rings. The molecule has 0 amide bonds. The van der Waals surface area contributed by atoms with Crippen LogP contribution < -0.4 is 14.8 Å². The molecule has 7 nitrogen and oxygen atoms in total. The smallest absolute Gasteiger partial charge is 0.209 e. The molecule has 0 saturated carbocycles. The molecule has 0 fully saturated rings. The van der Waals surface area contributed by atoms with Gasteiger partial charge in [-0.15, -0.1) is 0 Å². The number of benzene rings is 2. The summed E-state index contributed by atoms with van der Waals surface area (Å²) in [7, 11) is -1.59. The van der Waals surface area contributed by atoms with Crippen LogP contribution in [0.15, 0.2) is 60.9 Å². The molecule has 1 heterocycles. The van der Waals surface area contributed by atoms with Crippen molar-refractivity contribution in [2.75, 3.05) is 18.7 Å². The third-order valence-electron chi connectivity index (χ3n) is 3.81. The van der Waals surface area contributed by atoms with Crippen molar-refractivity contribution in [1.82, 2.24) is 14.7 Å². The van der Waals surface area contributed by atoms with E-state index in [0.717, 1.165) is 34.5 Å². The van der Waals surface area contributed by atoms with Gasteiger partial charge in [-0.1, -0.05) is 24.3 Å². The standard InChI is InChI=1S/C19H20N4O3S/c1-26-18-6-4-3-5-16(18)17-11-19(21-13-20-17)23-15-9-7-14(8-10-15)12-22-27(2,24)25/h3-11,13,22H,12H2,1-2H3,(H,20,21,23). The number of para-hydroxylation sites is 1. The zero-order valence-electron chi connectivity index (χ0n) is 15.0. The summed E-state index contributed by atoms with van der Waals surface area (Å²) in [5.41, 5.74) is 3.33. The average Bonchev–Trinajstić information content (AvgIpc) is 2.67. The molecule has 0 aliphatic carbocycles. The van der Waals surface area contributed by atoms with Crippen LogP contribution in [0.5, 0.6) is 5.75 Å². The number of aromatic nitrogens is 2. The first-order valence-electron chi connectivity index (χ1n) is 8.20. The Bertz CT molecular complexity index is 1020. The summed E-state index contributed by atoms with van der Waals surface area (Å²) in [4.78, 5) is 8.58. The van der Waals surface area contributed by atoms with Crippen molar-refractivity contribution >= 4 is 21.5 Å². The Labute approximate surface area is 158 Å². The molecule has 27 heavy (non-hydrogen) atoms. The fourth-order valence-electron chi connectivity index (χ4n) is 2.50. The van der Waals surface area contributed by atoms with Gasteiger partial charge >= 0.3 is 0 Å². The monoisotopic (exact) mass is 384 g/mol. The van der Waals surface area contributed by atoms with Crippen molar-refractivity contribution in [1.29, 1.82) is 0 Å². The van der Waals surface area contributed by atoms with Gasteiger partial charge in [-0.2, -0.15) is 0 Å². The maximum atomic E-state index is 11.2. The number of anilines is 2. The van der Waals surface area contributed by atoms with Gasteiger partial charge in [0.05, 0.1) is 19.1 Å². The van der Waals surface area contributed by atoms with Crippen molar-refractivity contribution < 1.29 is 13.2 Å². The first-order valence-corrected chi connectivity index (χ1v) is 10.1. The highest BCUT2D eigenvalue weighted by Crippen LogP contribution is 2.29. The Hall–Kier alpha value is -2.97. The highest BCUT2D eigenvalue weighted by Gasteiger charge is 2.08. The molecule has 0 bridgehead atoms. The molecule has 0 unspecified atom stereocenters. The molecule has 2 aromatic carbocycles. The molecule has 0 atom stereocenters. The molecule has 1 aromatic heterocycles. The highest BCUT2D eigenvalue weighted by molar-refractivity contribution is 7.88. The van der Waals surface area contributed by atoms with E-state index in [-0.39, 0.29) is 6.54 Å². The fourth-order valence-corrected chi connectivity index (χ4v) is 2.93. The summed E-state index contributed by atoms with van der Waals surface area (Å²) >= 11 is 0. The normalized spacial score (nSPS) is 11.2. The van der Waals surface area contributed by atoms with Crippen LogP contribution in [0.25, 0.3) is 11.3 Å². The van der Waals surface area contributed by atoms with Crippen LogP contribution in [0.4, 0.5) is 11.5 Å². The van der Waals surface area contributed by atoms with Gasteiger partial charge in [0.15, 0.2) is 0 Å². The van der Waals surface area contributed by atoms with Crippen molar-refractivity contribution in [3.05, 3.63) is 66.5 Å². The second-order valence-electron chi connectivity index (χ2n) is 5.90. The molecule has 0 spiro atoms. The van der Waals surface area contributed by atoms with Crippen molar-refractivity contribution in [2.24, 2.45) is 0 Å². The van der Waals surface area contributed by atoms with Gasteiger partial charge in [-0.25, -0.2) is 23.1 Å². The zero-order chi connectivity index (χ0) is 19.3. The Morgan fingerprint density at radius 3 is 2.48 bits per heavy atom. The van der Waals surface area contributed by atoms with Gasteiger partial charge in [0.1, 0.15) is 17.9 Å². The molecular formula is C19H20N4O3S. The van der Waals surface area contributed by atoms with Gasteiger partial charge in [0.2, 0.25) is 10.0 Å². The summed E-state index contributed by atoms with van der Waals surface area (Å²) in [5.74, 6) is 1.39. The van der Waals surface area contributed by atoms with Crippen LogP contribution in [-0.2, 0) is 16.6 Å². The lowest BCUT2D eigenvalue weighted by Gasteiger charge is -2.10. The minimum Gasteiger partial charge on any atom is -0.496 e. The Morgan fingerprint density at radius 2 is 1.78 bits per heavy atom. The van der Waals surface area contributed by atoms with E-state index >= 15 is 0 Å². The van der Waals surface area contributed by atoms with Crippen molar-refractivity contribution in [3.63, 3.8) is 0 Å². The third kappa shape index (κ3) is 5.25. The van der Waals surface area contributed by atoms with E-state index in [9.17, 15) is 8.42 Å². The van der Waals surface area contributed by atoms with Gasteiger partial charge in [-0.05, 0) is 29.8 Å². The third-order valence-corrected chi connectivity index (χ3v) is 4.48. The minimum atomic E-state index is -3.21. The first kappa shape index (κ1) is 18.8. The molecule has 0 aliphatic heterocycles. The minimum absolute atomic E-state index is 0.255. The zero-order valence-corrected chi connectivity index (χ0v) is 15.8. The molecule has 0 radical (unpaired) electrons. The second kappa shape index (κ2) is 8.15. The van der Waals surface area contributed by atoms with E-state index in [1.54, 1.807) is 7.11 Å². The number of nitrogens with zero attached hydrogens (tertiary/aromatic N) is 2. The lowest BCUT2D eigenvalue weighted by molar-refractivity contribution is 0.416. The van der Waals surface area contributed by atoms with Crippen LogP contribution in [0.2, 0.25) is 0 Å². The predicted octanol–water partition coefficient (Wildman–Crippen LogP) is 2.95. The average molecular weight is 384 g/mol. The highest BCUT2D eigenvalue weighted by atomic mass is 32.2. The van der Waals surface area contributed by atoms with Gasteiger partial charge in [-0.3, -0.25) is 0 Å². The summed E-state index contributed by atoms with van der Waals surface area (Å²) in [6.45, 7) is 0.255. The molecule has 3 rings (SSSR count). The Kier molecular flexibility index (Phi) is 5.68. The first-order chi connectivity index (χ1) is 12.9. The lowest BCUT2D eigenvalue weighted by Crippen LogP contribution is -2.21. The number of sulfonamides is 1. The van der Waals surface area contributed by atoms with Gasteiger partial charge < -0.3 is 10.1 Å². The number of methoxy groups -OCH3 is 1. The summed E-state index contributed by atoms with van der Waals surface area (Å²) in [6, 6.07) is 16.9. The number of ether oxygens (including phenoxy) is 1. The van der Waals surface area contributed by atoms with Crippen molar-refractivity contribution in [2.45, 2.75) is 6.54 Å². The van der Waals surface area contributed by atoms with E-state index < -0.39 is 10.0 Å².